The summed E-state index contributed by atoms with van der Waals surface area (Å²) in [6.07, 6.45) is -0.0769. The number of esters is 1. The van der Waals surface area contributed by atoms with Gasteiger partial charge in [0.1, 0.15) is 11.5 Å². The molecule has 0 unspecified atom stereocenters. The number of hydrogen-bond donors (Lipinski definition) is 0. The maximum absolute atomic E-state index is 13.3. The molecule has 0 spiro atoms. The summed E-state index contributed by atoms with van der Waals surface area (Å²) in [5.74, 6) is 0.595. The van der Waals surface area contributed by atoms with Gasteiger partial charge in [-0.25, -0.2) is 8.42 Å². The molecule has 2 rings (SSSR count). The molecule has 0 saturated carbocycles. The molecular weight excluding hydrogens is 450 g/mol. The summed E-state index contributed by atoms with van der Waals surface area (Å²) in [6.45, 7) is -0.0439. The molecule has 0 saturated heterocycles. The van der Waals surface area contributed by atoms with Crippen molar-refractivity contribution in [3.63, 3.8) is 0 Å². The number of nitrogens with zero attached hydrogens (tertiary/aromatic N) is 1. The van der Waals surface area contributed by atoms with Crippen LogP contribution in [0, 0.1) is 0 Å². The Morgan fingerprint density at radius 2 is 1.79 bits per heavy atom. The molecule has 0 bridgehead atoms. The summed E-state index contributed by atoms with van der Waals surface area (Å²) in [5.41, 5.74) is 0.613. The highest BCUT2D eigenvalue weighted by molar-refractivity contribution is 9.10. The van der Waals surface area contributed by atoms with Crippen LogP contribution in [-0.4, -0.2) is 46.6 Å². The molecule has 0 aliphatic heterocycles. The molecule has 0 aromatic heterocycles. The van der Waals surface area contributed by atoms with Crippen molar-refractivity contribution in [3.05, 3.63) is 52.5 Å². The number of halogens is 1. The van der Waals surface area contributed by atoms with Crippen LogP contribution in [0.2, 0.25) is 0 Å². The maximum atomic E-state index is 13.3. The van der Waals surface area contributed by atoms with Crippen LogP contribution < -0.4 is 9.47 Å². The molecule has 0 fully saturated rings. The van der Waals surface area contributed by atoms with E-state index in [0.29, 0.717) is 21.5 Å². The lowest BCUT2D eigenvalue weighted by Gasteiger charge is -2.23. The second-order valence-corrected chi connectivity index (χ2v) is 8.53. The van der Waals surface area contributed by atoms with Crippen LogP contribution in [0.3, 0.4) is 0 Å². The minimum Gasteiger partial charge on any atom is -0.497 e. The zero-order chi connectivity index (χ0) is 20.7. The van der Waals surface area contributed by atoms with Crippen molar-refractivity contribution in [1.82, 2.24) is 4.31 Å². The predicted molar refractivity (Wildman–Crippen MR) is 108 cm³/mol. The maximum Gasteiger partial charge on any atom is 0.306 e. The molecule has 9 heteroatoms. The summed E-state index contributed by atoms with van der Waals surface area (Å²) in [5, 5.41) is 0. The Bertz CT molecular complexity index is 932. The highest BCUT2D eigenvalue weighted by atomic mass is 79.9. The average Bonchev–Trinajstić information content (AvgIpc) is 2.70. The van der Waals surface area contributed by atoms with Gasteiger partial charge in [0.25, 0.3) is 0 Å². The van der Waals surface area contributed by atoms with E-state index >= 15 is 0 Å². The Labute approximate surface area is 173 Å². The summed E-state index contributed by atoms with van der Waals surface area (Å²) in [4.78, 5) is 11.7. The quantitative estimate of drug-likeness (QED) is 0.522. The molecule has 28 heavy (non-hydrogen) atoms. The lowest BCUT2D eigenvalue weighted by Crippen LogP contribution is -2.33. The van der Waals surface area contributed by atoms with Crippen LogP contribution in [-0.2, 0) is 26.1 Å². The third-order valence-electron chi connectivity index (χ3n) is 4.08. The van der Waals surface area contributed by atoms with Gasteiger partial charge in [-0.3, -0.25) is 4.79 Å². The molecule has 0 atom stereocenters. The van der Waals surface area contributed by atoms with Crippen molar-refractivity contribution in [3.8, 4) is 11.5 Å². The Hall–Kier alpha value is -2.10. The standard InChI is InChI=1S/C19H22BrNO6S/c1-25-15-8-9-17(26-2)14(12-15)13-21(11-10-19(22)27-3)28(23,24)18-7-5-4-6-16(18)20/h4-9,12H,10-11,13H2,1-3H3. The summed E-state index contributed by atoms with van der Waals surface area (Å²) < 4.78 is 43.5. The second kappa shape index (κ2) is 9.90. The van der Waals surface area contributed by atoms with Gasteiger partial charge in [0, 0.05) is 23.1 Å². The van der Waals surface area contributed by atoms with Gasteiger partial charge in [-0.15, -0.1) is 0 Å². The minimum atomic E-state index is -3.90. The fourth-order valence-corrected chi connectivity index (χ4v) is 4.97. The van der Waals surface area contributed by atoms with Crippen LogP contribution >= 0.6 is 15.9 Å². The number of carbonyl (C=O) groups is 1. The Kier molecular flexibility index (Phi) is 7.85. The molecular formula is C19H22BrNO6S. The Morgan fingerprint density at radius 1 is 1.07 bits per heavy atom. The Balaban J connectivity index is 2.45. The monoisotopic (exact) mass is 471 g/mol. The first kappa shape index (κ1) is 22.2. The highest BCUT2D eigenvalue weighted by Gasteiger charge is 2.28. The lowest BCUT2D eigenvalue weighted by atomic mass is 10.2. The van der Waals surface area contributed by atoms with E-state index in [1.807, 2.05) is 0 Å². The van der Waals surface area contributed by atoms with Gasteiger partial charge in [-0.1, -0.05) is 12.1 Å². The molecule has 2 aromatic carbocycles. The first-order valence-corrected chi connectivity index (χ1v) is 10.6. The van der Waals surface area contributed by atoms with E-state index in [0.717, 1.165) is 0 Å². The topological polar surface area (TPSA) is 82.1 Å². The Morgan fingerprint density at radius 3 is 2.39 bits per heavy atom. The van der Waals surface area contributed by atoms with Gasteiger partial charge in [0.2, 0.25) is 10.0 Å². The van der Waals surface area contributed by atoms with Crippen molar-refractivity contribution in [1.29, 1.82) is 0 Å². The molecule has 0 radical (unpaired) electrons. The fourth-order valence-electron chi connectivity index (χ4n) is 2.59. The third-order valence-corrected chi connectivity index (χ3v) is 6.94. The number of ether oxygens (including phenoxy) is 3. The smallest absolute Gasteiger partial charge is 0.306 e. The first-order chi connectivity index (χ1) is 13.3. The largest absolute Gasteiger partial charge is 0.497 e. The number of rotatable bonds is 9. The molecule has 7 nitrogen and oxygen atoms in total. The third kappa shape index (κ3) is 5.24. The van der Waals surface area contributed by atoms with E-state index in [2.05, 4.69) is 20.7 Å². The van der Waals surface area contributed by atoms with Crippen molar-refractivity contribution in [2.45, 2.75) is 17.9 Å². The number of hydrogen-bond acceptors (Lipinski definition) is 6. The molecule has 0 aliphatic carbocycles. The van der Waals surface area contributed by atoms with Gasteiger partial charge < -0.3 is 14.2 Å². The van der Waals surface area contributed by atoms with Crippen LogP contribution in [0.5, 0.6) is 11.5 Å². The van der Waals surface area contributed by atoms with Gasteiger partial charge in [0.15, 0.2) is 0 Å². The van der Waals surface area contributed by atoms with Crippen LogP contribution in [0.15, 0.2) is 51.8 Å². The SMILES string of the molecule is COC(=O)CCN(Cc1cc(OC)ccc1OC)S(=O)(=O)c1ccccc1Br. The lowest BCUT2D eigenvalue weighted by molar-refractivity contribution is -0.140. The van der Waals surface area contributed by atoms with Crippen LogP contribution in [0.1, 0.15) is 12.0 Å². The number of carbonyl (C=O) groups excluding carboxylic acids is 1. The molecule has 0 aliphatic rings. The van der Waals surface area contributed by atoms with Gasteiger partial charge in [-0.2, -0.15) is 4.31 Å². The van der Waals surface area contributed by atoms with Crippen LogP contribution in [0.25, 0.3) is 0 Å². The summed E-state index contributed by atoms with van der Waals surface area (Å²) in [7, 11) is 0.400. The van der Waals surface area contributed by atoms with Gasteiger partial charge >= 0.3 is 5.97 Å². The minimum absolute atomic E-state index is 0.00103. The average molecular weight is 472 g/mol. The number of benzene rings is 2. The van der Waals surface area contributed by atoms with Gasteiger partial charge in [-0.05, 0) is 46.3 Å². The fraction of sp³-hybridized carbons (Fsp3) is 0.316. The zero-order valence-electron chi connectivity index (χ0n) is 15.8. The first-order valence-electron chi connectivity index (χ1n) is 8.36. The predicted octanol–water partition coefficient (Wildman–Crippen LogP) is 3.22. The second-order valence-electron chi connectivity index (χ2n) is 5.77. The highest BCUT2D eigenvalue weighted by Crippen LogP contribution is 2.30. The zero-order valence-corrected chi connectivity index (χ0v) is 18.2. The van der Waals surface area contributed by atoms with E-state index in [-0.39, 0.29) is 24.4 Å². The summed E-state index contributed by atoms with van der Waals surface area (Å²) >= 11 is 3.29. The van der Waals surface area contributed by atoms with E-state index in [1.165, 1.54) is 31.7 Å². The molecule has 0 N–H and O–H groups in total. The molecule has 0 amide bonds. The summed E-state index contributed by atoms with van der Waals surface area (Å²) in [6, 6.07) is 11.7. The van der Waals surface area contributed by atoms with E-state index in [9.17, 15) is 13.2 Å². The number of methoxy groups -OCH3 is 3. The van der Waals surface area contributed by atoms with E-state index < -0.39 is 16.0 Å². The van der Waals surface area contributed by atoms with Gasteiger partial charge in [0.05, 0.1) is 32.6 Å². The van der Waals surface area contributed by atoms with Crippen molar-refractivity contribution in [2.24, 2.45) is 0 Å². The molecule has 2 aromatic rings. The van der Waals surface area contributed by atoms with E-state index in [4.69, 9.17) is 9.47 Å². The van der Waals surface area contributed by atoms with Crippen molar-refractivity contribution >= 4 is 31.9 Å². The molecule has 0 heterocycles. The van der Waals surface area contributed by atoms with E-state index in [1.54, 1.807) is 36.4 Å². The van der Waals surface area contributed by atoms with Crippen molar-refractivity contribution in [2.75, 3.05) is 27.9 Å². The number of sulfonamides is 1. The van der Waals surface area contributed by atoms with Crippen LogP contribution in [0.4, 0.5) is 0 Å². The normalized spacial score (nSPS) is 11.3. The molecule has 152 valence electrons. The van der Waals surface area contributed by atoms with Crippen molar-refractivity contribution < 1.29 is 27.4 Å².